The van der Waals surface area contributed by atoms with Gasteiger partial charge in [0.05, 0.1) is 5.57 Å². The maximum Gasteiger partial charge on any atom is 0.335 e. The standard InChI is InChI=1S/C11H16O4/c1-3-4-5-6-8-9(10(12)13)7(2)11(14)15-8/h8H,3-6H2,1-2H3,(H,12,13). The summed E-state index contributed by atoms with van der Waals surface area (Å²) in [6.07, 6.45) is 3.05. The molecule has 0 amide bonds. The van der Waals surface area contributed by atoms with E-state index in [0.29, 0.717) is 6.42 Å². The van der Waals surface area contributed by atoms with Gasteiger partial charge in [-0.25, -0.2) is 9.59 Å². The highest BCUT2D eigenvalue weighted by molar-refractivity contribution is 6.03. The normalized spacial score (nSPS) is 20.7. The number of carbonyl (C=O) groups is 2. The fourth-order valence-electron chi connectivity index (χ4n) is 1.71. The number of carboxylic acid groups (broad SMARTS) is 1. The number of aliphatic carboxylic acids is 1. The Bertz CT molecular complexity index is 304. The van der Waals surface area contributed by atoms with Crippen molar-refractivity contribution < 1.29 is 19.4 Å². The van der Waals surface area contributed by atoms with Crippen LogP contribution < -0.4 is 0 Å². The molecule has 1 heterocycles. The maximum atomic E-state index is 11.2. The van der Waals surface area contributed by atoms with Crippen LogP contribution in [0.1, 0.15) is 39.5 Å². The van der Waals surface area contributed by atoms with Gasteiger partial charge < -0.3 is 9.84 Å². The number of cyclic esters (lactones) is 1. The Morgan fingerprint density at radius 2 is 2.13 bits per heavy atom. The summed E-state index contributed by atoms with van der Waals surface area (Å²) < 4.78 is 5.00. The Labute approximate surface area is 88.9 Å². The van der Waals surface area contributed by atoms with Gasteiger partial charge in [0, 0.05) is 5.57 Å². The summed E-state index contributed by atoms with van der Waals surface area (Å²) in [6, 6.07) is 0. The third-order valence-corrected chi connectivity index (χ3v) is 2.58. The van der Waals surface area contributed by atoms with Crippen molar-refractivity contribution in [3.8, 4) is 0 Å². The van der Waals surface area contributed by atoms with Crippen LogP contribution in [0, 0.1) is 0 Å². The molecule has 0 aromatic rings. The Morgan fingerprint density at radius 3 is 2.67 bits per heavy atom. The van der Waals surface area contributed by atoms with Crippen molar-refractivity contribution in [3.05, 3.63) is 11.1 Å². The molecule has 0 saturated heterocycles. The molecule has 0 saturated carbocycles. The third-order valence-electron chi connectivity index (χ3n) is 2.58. The highest BCUT2D eigenvalue weighted by Crippen LogP contribution is 2.26. The van der Waals surface area contributed by atoms with Crippen molar-refractivity contribution >= 4 is 11.9 Å². The van der Waals surface area contributed by atoms with Gasteiger partial charge >= 0.3 is 11.9 Å². The lowest BCUT2D eigenvalue weighted by atomic mass is 10.0. The summed E-state index contributed by atoms with van der Waals surface area (Å²) in [5.41, 5.74) is 0.375. The minimum absolute atomic E-state index is 0.135. The highest BCUT2D eigenvalue weighted by Gasteiger charge is 2.35. The zero-order valence-electron chi connectivity index (χ0n) is 9.08. The van der Waals surface area contributed by atoms with Gasteiger partial charge in [0.15, 0.2) is 0 Å². The fraction of sp³-hybridized carbons (Fsp3) is 0.636. The van der Waals surface area contributed by atoms with Crippen molar-refractivity contribution in [3.63, 3.8) is 0 Å². The molecular weight excluding hydrogens is 196 g/mol. The van der Waals surface area contributed by atoms with Gasteiger partial charge in [0.2, 0.25) is 0 Å². The van der Waals surface area contributed by atoms with Crippen molar-refractivity contribution in [2.45, 2.75) is 45.6 Å². The van der Waals surface area contributed by atoms with Gasteiger partial charge in [-0.1, -0.05) is 19.8 Å². The van der Waals surface area contributed by atoms with Crippen LogP contribution in [-0.2, 0) is 14.3 Å². The SMILES string of the molecule is CCCCCC1OC(=O)C(C)=C1C(=O)O. The molecule has 1 atom stereocenters. The molecule has 1 unspecified atom stereocenters. The number of hydrogen-bond acceptors (Lipinski definition) is 3. The first-order chi connectivity index (χ1) is 7.07. The van der Waals surface area contributed by atoms with Crippen LogP contribution in [0.5, 0.6) is 0 Å². The lowest BCUT2D eigenvalue weighted by Gasteiger charge is -2.10. The first kappa shape index (κ1) is 11.8. The molecule has 84 valence electrons. The summed E-state index contributed by atoms with van der Waals surface area (Å²) in [5.74, 6) is -1.53. The van der Waals surface area contributed by atoms with Crippen molar-refractivity contribution in [2.24, 2.45) is 0 Å². The molecular formula is C11H16O4. The molecule has 1 aliphatic heterocycles. The number of rotatable bonds is 5. The minimum atomic E-state index is -1.04. The average molecular weight is 212 g/mol. The van der Waals surface area contributed by atoms with Crippen LogP contribution >= 0.6 is 0 Å². The molecule has 4 heteroatoms. The maximum absolute atomic E-state index is 11.2. The molecule has 4 nitrogen and oxygen atoms in total. The molecule has 0 bridgehead atoms. The molecule has 0 aliphatic carbocycles. The molecule has 0 radical (unpaired) electrons. The molecule has 0 aromatic carbocycles. The Balaban J connectivity index is 2.67. The van der Waals surface area contributed by atoms with E-state index in [-0.39, 0.29) is 11.1 Å². The first-order valence-corrected chi connectivity index (χ1v) is 5.23. The second-order valence-electron chi connectivity index (χ2n) is 3.73. The van der Waals surface area contributed by atoms with E-state index in [1.165, 1.54) is 6.92 Å². The van der Waals surface area contributed by atoms with Gasteiger partial charge in [-0.05, 0) is 19.8 Å². The summed E-state index contributed by atoms with van der Waals surface area (Å²) in [7, 11) is 0. The predicted molar refractivity (Wildman–Crippen MR) is 54.4 cm³/mol. The quantitative estimate of drug-likeness (QED) is 0.558. The number of hydrogen-bond donors (Lipinski definition) is 1. The van der Waals surface area contributed by atoms with Crippen LogP contribution in [-0.4, -0.2) is 23.1 Å². The molecule has 1 rings (SSSR count). The number of unbranched alkanes of at least 4 members (excludes halogenated alkanes) is 2. The molecule has 0 spiro atoms. The van der Waals surface area contributed by atoms with E-state index >= 15 is 0 Å². The van der Waals surface area contributed by atoms with Crippen LogP contribution in [0.15, 0.2) is 11.1 Å². The van der Waals surface area contributed by atoms with Crippen LogP contribution in [0.4, 0.5) is 0 Å². The van der Waals surface area contributed by atoms with E-state index in [0.717, 1.165) is 19.3 Å². The second-order valence-corrected chi connectivity index (χ2v) is 3.73. The van der Waals surface area contributed by atoms with E-state index in [1.807, 2.05) is 0 Å². The molecule has 15 heavy (non-hydrogen) atoms. The van der Waals surface area contributed by atoms with E-state index in [9.17, 15) is 9.59 Å². The highest BCUT2D eigenvalue weighted by atomic mass is 16.5. The summed E-state index contributed by atoms with van der Waals surface area (Å²) in [6.45, 7) is 3.57. The van der Waals surface area contributed by atoms with Crippen LogP contribution in [0.2, 0.25) is 0 Å². The van der Waals surface area contributed by atoms with E-state index in [2.05, 4.69) is 6.92 Å². The molecule has 1 N–H and O–H groups in total. The lowest BCUT2D eigenvalue weighted by molar-refractivity contribution is -0.140. The largest absolute Gasteiger partial charge is 0.478 e. The Morgan fingerprint density at radius 1 is 1.47 bits per heavy atom. The van der Waals surface area contributed by atoms with Crippen molar-refractivity contribution in [1.82, 2.24) is 0 Å². The predicted octanol–water partition coefficient (Wildman–Crippen LogP) is 1.89. The molecule has 0 fully saturated rings. The van der Waals surface area contributed by atoms with Gasteiger partial charge in [-0.3, -0.25) is 0 Å². The zero-order valence-corrected chi connectivity index (χ0v) is 9.08. The number of carbonyl (C=O) groups excluding carboxylic acids is 1. The van der Waals surface area contributed by atoms with Crippen molar-refractivity contribution in [2.75, 3.05) is 0 Å². The number of carboxylic acids is 1. The first-order valence-electron chi connectivity index (χ1n) is 5.23. The van der Waals surface area contributed by atoms with E-state index < -0.39 is 18.0 Å². The summed E-state index contributed by atoms with van der Waals surface area (Å²) in [4.78, 5) is 22.1. The third kappa shape index (κ3) is 2.58. The van der Waals surface area contributed by atoms with Gasteiger partial charge in [0.25, 0.3) is 0 Å². The Hall–Kier alpha value is -1.32. The van der Waals surface area contributed by atoms with Gasteiger partial charge in [0.1, 0.15) is 6.10 Å². The Kier molecular flexibility index (Phi) is 3.88. The monoisotopic (exact) mass is 212 g/mol. The zero-order chi connectivity index (χ0) is 11.4. The summed E-state index contributed by atoms with van der Waals surface area (Å²) >= 11 is 0. The van der Waals surface area contributed by atoms with E-state index in [4.69, 9.17) is 9.84 Å². The smallest absolute Gasteiger partial charge is 0.335 e. The molecule has 0 aromatic heterocycles. The van der Waals surface area contributed by atoms with Gasteiger partial charge in [-0.2, -0.15) is 0 Å². The van der Waals surface area contributed by atoms with Gasteiger partial charge in [-0.15, -0.1) is 0 Å². The summed E-state index contributed by atoms with van der Waals surface area (Å²) in [5, 5.41) is 8.94. The van der Waals surface area contributed by atoms with Crippen molar-refractivity contribution in [1.29, 1.82) is 0 Å². The van der Waals surface area contributed by atoms with E-state index in [1.54, 1.807) is 0 Å². The number of esters is 1. The lowest BCUT2D eigenvalue weighted by Crippen LogP contribution is -2.17. The topological polar surface area (TPSA) is 63.6 Å². The van der Waals surface area contributed by atoms with Crippen LogP contribution in [0.3, 0.4) is 0 Å². The van der Waals surface area contributed by atoms with Crippen LogP contribution in [0.25, 0.3) is 0 Å². The number of ether oxygens (including phenoxy) is 1. The minimum Gasteiger partial charge on any atom is -0.478 e. The molecule has 1 aliphatic rings. The average Bonchev–Trinajstić information content (AvgIpc) is 2.43. The second kappa shape index (κ2) is 4.96. The fourth-order valence-corrected chi connectivity index (χ4v) is 1.71.